The number of unbranched alkanes of at least 4 members (excludes halogenated alkanes) is 2. The van der Waals surface area contributed by atoms with Gasteiger partial charge in [0.05, 0.1) is 5.39 Å². The summed E-state index contributed by atoms with van der Waals surface area (Å²) in [4.78, 5) is 0. The first-order valence-corrected chi connectivity index (χ1v) is 8.67. The maximum atomic E-state index is 10.7. The van der Waals surface area contributed by atoms with Crippen LogP contribution in [-0.2, 0) is 6.42 Å². The number of hydrogen-bond donors (Lipinski definition) is 1. The molecule has 0 saturated heterocycles. The third-order valence-corrected chi connectivity index (χ3v) is 4.30. The van der Waals surface area contributed by atoms with Gasteiger partial charge in [0.15, 0.2) is 0 Å². The van der Waals surface area contributed by atoms with Crippen molar-refractivity contribution in [2.75, 3.05) is 0 Å². The highest BCUT2D eigenvalue weighted by atomic mass is 16.3. The fraction of sp³-hybridized carbons (Fsp3) is 0.364. The lowest BCUT2D eigenvalue weighted by molar-refractivity contribution is 0.480. The number of fused-ring (bicyclic) bond motifs is 1. The molecule has 0 atom stereocenters. The van der Waals surface area contributed by atoms with E-state index < -0.39 is 0 Å². The van der Waals surface area contributed by atoms with Crippen molar-refractivity contribution < 1.29 is 9.52 Å². The Kier molecular flexibility index (Phi) is 5.71. The van der Waals surface area contributed by atoms with Crippen molar-refractivity contribution in [2.24, 2.45) is 0 Å². The Hall–Kier alpha value is -2.22. The van der Waals surface area contributed by atoms with Crippen molar-refractivity contribution in [3.63, 3.8) is 0 Å². The first-order chi connectivity index (χ1) is 11.4. The number of hydrogen-bond acceptors (Lipinski definition) is 2. The fourth-order valence-electron chi connectivity index (χ4n) is 3.15. The lowest BCUT2D eigenvalue weighted by atomic mass is 9.93. The van der Waals surface area contributed by atoms with E-state index in [-0.39, 0.29) is 5.75 Å². The molecule has 0 spiro atoms. The molecule has 2 rings (SSSR count). The van der Waals surface area contributed by atoms with Gasteiger partial charge < -0.3 is 9.52 Å². The summed E-state index contributed by atoms with van der Waals surface area (Å²) in [6.45, 7) is 16.2. The topological polar surface area (TPSA) is 33.4 Å². The van der Waals surface area contributed by atoms with Crippen LogP contribution in [0.3, 0.4) is 0 Å². The van der Waals surface area contributed by atoms with Crippen LogP contribution in [0.25, 0.3) is 22.1 Å². The summed E-state index contributed by atoms with van der Waals surface area (Å²) in [7, 11) is 0. The molecule has 1 aromatic carbocycles. The van der Waals surface area contributed by atoms with Crippen LogP contribution in [0, 0.1) is 0 Å². The van der Waals surface area contributed by atoms with Crippen LogP contribution < -0.4 is 0 Å². The Morgan fingerprint density at radius 3 is 2.46 bits per heavy atom. The molecule has 1 aromatic heterocycles. The lowest BCUT2D eigenvalue weighted by Gasteiger charge is -2.09. The molecule has 2 heteroatoms. The second kappa shape index (κ2) is 7.57. The Bertz CT molecular complexity index is 803. The van der Waals surface area contributed by atoms with Crippen LogP contribution in [0.4, 0.5) is 0 Å². The van der Waals surface area contributed by atoms with Gasteiger partial charge in [-0.2, -0.15) is 0 Å². The van der Waals surface area contributed by atoms with Crippen molar-refractivity contribution >= 4 is 22.1 Å². The van der Waals surface area contributed by atoms with E-state index in [9.17, 15) is 5.11 Å². The smallest absolute Gasteiger partial charge is 0.139 e. The molecule has 0 bridgehead atoms. The maximum absolute atomic E-state index is 10.7. The summed E-state index contributed by atoms with van der Waals surface area (Å²) in [5.74, 6) is 0.993. The Morgan fingerprint density at radius 1 is 1.21 bits per heavy atom. The zero-order valence-electron chi connectivity index (χ0n) is 15.3. The fourth-order valence-corrected chi connectivity index (χ4v) is 3.15. The zero-order chi connectivity index (χ0) is 17.9. The zero-order valence-corrected chi connectivity index (χ0v) is 15.3. The van der Waals surface area contributed by atoms with Gasteiger partial charge in [0, 0.05) is 5.56 Å². The van der Waals surface area contributed by atoms with Gasteiger partial charge >= 0.3 is 0 Å². The van der Waals surface area contributed by atoms with Crippen molar-refractivity contribution in [3.05, 3.63) is 53.8 Å². The monoisotopic (exact) mass is 324 g/mol. The molecule has 0 aliphatic heterocycles. The van der Waals surface area contributed by atoms with E-state index in [1.165, 1.54) is 12.8 Å². The van der Waals surface area contributed by atoms with Gasteiger partial charge in [-0.1, -0.05) is 44.6 Å². The van der Waals surface area contributed by atoms with Crippen LogP contribution in [0.15, 0.2) is 41.4 Å². The van der Waals surface area contributed by atoms with Crippen LogP contribution >= 0.6 is 0 Å². The normalized spacial score (nSPS) is 11.9. The lowest BCUT2D eigenvalue weighted by Crippen LogP contribution is -1.90. The Morgan fingerprint density at radius 2 is 1.92 bits per heavy atom. The molecular formula is C22H28O2. The minimum absolute atomic E-state index is 0.269. The van der Waals surface area contributed by atoms with Gasteiger partial charge in [0.25, 0.3) is 0 Å². The van der Waals surface area contributed by atoms with Gasteiger partial charge in [-0.3, -0.25) is 0 Å². The minimum atomic E-state index is 0.269. The number of aromatic hydroxyl groups is 1. The van der Waals surface area contributed by atoms with E-state index in [0.717, 1.165) is 57.4 Å². The molecular weight excluding hydrogens is 296 g/mol. The standard InChI is InChI=1S/C22H28O2/c1-7-9-10-11-16-12-18(23)21-19(13-16)24-22(15(5)6)20(21)17(8-2)14(3)4/h8,12-13,23H,3,5,7,9-11H2,1-2,4,6H3/b17-8-. The van der Waals surface area contributed by atoms with E-state index in [4.69, 9.17) is 4.42 Å². The first kappa shape index (κ1) is 18.1. The number of phenols is 1. The number of furan rings is 1. The molecule has 0 aliphatic carbocycles. The number of allylic oxidation sites excluding steroid dienone is 4. The molecule has 0 radical (unpaired) electrons. The number of benzene rings is 1. The van der Waals surface area contributed by atoms with E-state index in [1.807, 2.05) is 39.0 Å². The van der Waals surface area contributed by atoms with Crippen LogP contribution in [0.5, 0.6) is 5.75 Å². The summed E-state index contributed by atoms with van der Waals surface area (Å²) < 4.78 is 6.08. The summed E-state index contributed by atoms with van der Waals surface area (Å²) in [5.41, 5.74) is 5.49. The van der Waals surface area contributed by atoms with Crippen LogP contribution in [0.2, 0.25) is 0 Å². The average Bonchev–Trinajstić information content (AvgIpc) is 2.88. The molecule has 2 aromatic rings. The Balaban J connectivity index is 2.66. The average molecular weight is 324 g/mol. The maximum Gasteiger partial charge on any atom is 0.139 e. The molecule has 128 valence electrons. The Labute approximate surface area is 145 Å². The van der Waals surface area contributed by atoms with Gasteiger partial charge in [0.2, 0.25) is 0 Å². The highest BCUT2D eigenvalue weighted by Gasteiger charge is 2.21. The molecule has 0 unspecified atom stereocenters. The molecule has 0 saturated carbocycles. The second-order valence-electron chi connectivity index (χ2n) is 6.51. The predicted molar refractivity (Wildman–Crippen MR) is 104 cm³/mol. The van der Waals surface area contributed by atoms with Gasteiger partial charge in [-0.05, 0) is 62.5 Å². The molecule has 0 amide bonds. The van der Waals surface area contributed by atoms with E-state index >= 15 is 0 Å². The third-order valence-electron chi connectivity index (χ3n) is 4.30. The van der Waals surface area contributed by atoms with Crippen molar-refractivity contribution in [1.82, 2.24) is 0 Å². The number of rotatable bonds is 7. The summed E-state index contributed by atoms with van der Waals surface area (Å²) in [6.07, 6.45) is 6.45. The van der Waals surface area contributed by atoms with Crippen LogP contribution in [0.1, 0.15) is 63.8 Å². The second-order valence-corrected chi connectivity index (χ2v) is 6.51. The highest BCUT2D eigenvalue weighted by molar-refractivity contribution is 6.02. The first-order valence-electron chi connectivity index (χ1n) is 8.67. The van der Waals surface area contributed by atoms with Gasteiger partial charge in [0.1, 0.15) is 17.1 Å². The highest BCUT2D eigenvalue weighted by Crippen LogP contribution is 2.42. The molecule has 0 aliphatic rings. The van der Waals surface area contributed by atoms with Gasteiger partial charge in [-0.25, -0.2) is 0 Å². The van der Waals surface area contributed by atoms with E-state index in [0.29, 0.717) is 0 Å². The molecule has 1 heterocycles. The SMILES string of the molecule is C=C(C)/C(=C/C)c1c(C(=C)C)oc2cc(CCCCC)cc(O)c12. The quantitative estimate of drug-likeness (QED) is 0.444. The third kappa shape index (κ3) is 3.48. The molecule has 1 N–H and O–H groups in total. The predicted octanol–water partition coefficient (Wildman–Crippen LogP) is 6.88. The minimum Gasteiger partial charge on any atom is -0.507 e. The summed E-state index contributed by atoms with van der Waals surface area (Å²) >= 11 is 0. The number of phenolic OH excluding ortho intramolecular Hbond substituents is 1. The van der Waals surface area contributed by atoms with Crippen molar-refractivity contribution in [3.8, 4) is 5.75 Å². The summed E-state index contributed by atoms with van der Waals surface area (Å²) in [5, 5.41) is 11.4. The molecule has 24 heavy (non-hydrogen) atoms. The largest absolute Gasteiger partial charge is 0.507 e. The summed E-state index contributed by atoms with van der Waals surface area (Å²) in [6, 6.07) is 3.91. The number of aryl methyl sites for hydroxylation is 1. The molecule has 0 fully saturated rings. The van der Waals surface area contributed by atoms with E-state index in [2.05, 4.69) is 20.1 Å². The van der Waals surface area contributed by atoms with Crippen LogP contribution in [-0.4, -0.2) is 5.11 Å². The van der Waals surface area contributed by atoms with Crippen molar-refractivity contribution in [1.29, 1.82) is 0 Å². The van der Waals surface area contributed by atoms with E-state index in [1.54, 1.807) is 0 Å². The molecule has 2 nitrogen and oxygen atoms in total. The van der Waals surface area contributed by atoms with Crippen molar-refractivity contribution in [2.45, 2.75) is 53.4 Å². The van der Waals surface area contributed by atoms with Gasteiger partial charge in [-0.15, -0.1) is 0 Å².